The molecule has 0 aliphatic carbocycles. The SMILES string of the molecule is Fc1ccc(Oc2cnc3ccccc3n2)cc1Br. The highest BCUT2D eigenvalue weighted by Crippen LogP contribution is 2.25. The molecule has 19 heavy (non-hydrogen) atoms. The van der Waals surface area contributed by atoms with Crippen LogP contribution in [-0.4, -0.2) is 9.97 Å². The Morgan fingerprint density at radius 2 is 1.84 bits per heavy atom. The number of benzene rings is 2. The lowest BCUT2D eigenvalue weighted by molar-refractivity contribution is 0.460. The second kappa shape index (κ2) is 4.93. The average molecular weight is 319 g/mol. The standard InChI is InChI=1S/C14H8BrFN2O/c15-10-7-9(5-6-11(10)16)19-14-8-17-12-3-1-2-4-13(12)18-14/h1-8H. The van der Waals surface area contributed by atoms with E-state index in [2.05, 4.69) is 25.9 Å². The first-order chi connectivity index (χ1) is 9.22. The van der Waals surface area contributed by atoms with Crippen LogP contribution in [-0.2, 0) is 0 Å². The summed E-state index contributed by atoms with van der Waals surface area (Å²) in [6, 6.07) is 11.9. The number of nitrogens with zero attached hydrogens (tertiary/aromatic N) is 2. The Morgan fingerprint density at radius 1 is 1.05 bits per heavy atom. The summed E-state index contributed by atoms with van der Waals surface area (Å²) in [4.78, 5) is 8.57. The van der Waals surface area contributed by atoms with Crippen LogP contribution in [0.3, 0.4) is 0 Å². The number of hydrogen-bond acceptors (Lipinski definition) is 3. The third-order valence-corrected chi connectivity index (χ3v) is 3.15. The summed E-state index contributed by atoms with van der Waals surface area (Å²) in [5, 5.41) is 0. The van der Waals surface area contributed by atoms with E-state index in [1.54, 1.807) is 12.3 Å². The van der Waals surface area contributed by atoms with E-state index in [1.807, 2.05) is 24.3 Å². The van der Waals surface area contributed by atoms with Crippen LogP contribution in [0, 0.1) is 5.82 Å². The molecule has 3 nitrogen and oxygen atoms in total. The van der Waals surface area contributed by atoms with Crippen LogP contribution in [0.4, 0.5) is 4.39 Å². The monoisotopic (exact) mass is 318 g/mol. The molecule has 1 heterocycles. The zero-order chi connectivity index (χ0) is 13.2. The van der Waals surface area contributed by atoms with E-state index in [0.717, 1.165) is 11.0 Å². The smallest absolute Gasteiger partial charge is 0.238 e. The maximum atomic E-state index is 13.1. The van der Waals surface area contributed by atoms with Gasteiger partial charge >= 0.3 is 0 Å². The lowest BCUT2D eigenvalue weighted by atomic mass is 10.3. The number of hydrogen-bond donors (Lipinski definition) is 0. The molecule has 0 radical (unpaired) electrons. The molecular formula is C14H8BrFN2O. The normalized spacial score (nSPS) is 10.6. The molecule has 0 aliphatic heterocycles. The highest BCUT2D eigenvalue weighted by atomic mass is 79.9. The highest BCUT2D eigenvalue weighted by Gasteiger charge is 2.04. The number of ether oxygens (including phenoxy) is 1. The molecule has 0 saturated carbocycles. The molecule has 0 saturated heterocycles. The van der Waals surface area contributed by atoms with Crippen molar-refractivity contribution in [3.63, 3.8) is 0 Å². The summed E-state index contributed by atoms with van der Waals surface area (Å²) in [6.07, 6.45) is 1.54. The van der Waals surface area contributed by atoms with Gasteiger partial charge in [-0.25, -0.2) is 14.4 Å². The van der Waals surface area contributed by atoms with Gasteiger partial charge in [0.05, 0.1) is 21.7 Å². The zero-order valence-electron chi connectivity index (χ0n) is 9.68. The molecule has 0 amide bonds. The topological polar surface area (TPSA) is 35.0 Å². The van der Waals surface area contributed by atoms with Crippen molar-refractivity contribution in [1.29, 1.82) is 0 Å². The summed E-state index contributed by atoms with van der Waals surface area (Å²) in [6.45, 7) is 0. The Morgan fingerprint density at radius 3 is 2.63 bits per heavy atom. The molecule has 2 aromatic carbocycles. The van der Waals surface area contributed by atoms with Crippen molar-refractivity contribution in [2.75, 3.05) is 0 Å². The number of para-hydroxylation sites is 2. The van der Waals surface area contributed by atoms with Gasteiger partial charge in [0.1, 0.15) is 11.6 Å². The molecule has 0 bridgehead atoms. The van der Waals surface area contributed by atoms with Crippen molar-refractivity contribution >= 4 is 27.0 Å². The van der Waals surface area contributed by atoms with Crippen molar-refractivity contribution in [2.24, 2.45) is 0 Å². The first-order valence-corrected chi connectivity index (χ1v) is 6.36. The summed E-state index contributed by atoms with van der Waals surface area (Å²) in [5.41, 5.74) is 1.55. The van der Waals surface area contributed by atoms with Crippen molar-refractivity contribution in [3.8, 4) is 11.6 Å². The fourth-order valence-corrected chi connectivity index (χ4v) is 2.01. The van der Waals surface area contributed by atoms with Crippen molar-refractivity contribution in [2.45, 2.75) is 0 Å². The van der Waals surface area contributed by atoms with Crippen molar-refractivity contribution < 1.29 is 9.13 Å². The van der Waals surface area contributed by atoms with Gasteiger partial charge in [-0.1, -0.05) is 12.1 Å². The molecule has 0 atom stereocenters. The Bertz CT molecular complexity index is 748. The molecule has 5 heteroatoms. The van der Waals surface area contributed by atoms with E-state index in [4.69, 9.17) is 4.74 Å². The minimum absolute atomic E-state index is 0.336. The number of rotatable bonds is 2. The molecule has 3 rings (SSSR count). The van der Waals surface area contributed by atoms with Gasteiger partial charge in [0.15, 0.2) is 0 Å². The van der Waals surface area contributed by atoms with Gasteiger partial charge in [0.25, 0.3) is 0 Å². The summed E-state index contributed by atoms with van der Waals surface area (Å²) in [5.74, 6) is 0.534. The van der Waals surface area contributed by atoms with Crippen LogP contribution in [0.2, 0.25) is 0 Å². The van der Waals surface area contributed by atoms with E-state index in [-0.39, 0.29) is 5.82 Å². The van der Waals surface area contributed by atoms with Crippen LogP contribution in [0.25, 0.3) is 11.0 Å². The van der Waals surface area contributed by atoms with E-state index < -0.39 is 0 Å². The van der Waals surface area contributed by atoms with Crippen molar-refractivity contribution in [1.82, 2.24) is 9.97 Å². The van der Waals surface area contributed by atoms with Crippen LogP contribution in [0.5, 0.6) is 11.6 Å². The van der Waals surface area contributed by atoms with E-state index in [1.165, 1.54) is 12.1 Å². The van der Waals surface area contributed by atoms with E-state index >= 15 is 0 Å². The van der Waals surface area contributed by atoms with Crippen LogP contribution < -0.4 is 4.74 Å². The second-order valence-electron chi connectivity index (χ2n) is 3.87. The Kier molecular flexibility index (Phi) is 3.13. The number of halogens is 2. The fourth-order valence-electron chi connectivity index (χ4n) is 1.65. The molecule has 0 N–H and O–H groups in total. The Hall–Kier alpha value is -2.01. The Balaban J connectivity index is 1.94. The van der Waals surface area contributed by atoms with Crippen molar-refractivity contribution in [3.05, 3.63) is 59.0 Å². The fraction of sp³-hybridized carbons (Fsp3) is 0. The highest BCUT2D eigenvalue weighted by molar-refractivity contribution is 9.10. The Labute approximate surface area is 117 Å². The van der Waals surface area contributed by atoms with Gasteiger partial charge in [0.2, 0.25) is 5.88 Å². The molecule has 0 unspecified atom stereocenters. The van der Waals surface area contributed by atoms with Gasteiger partial charge in [-0.3, -0.25) is 0 Å². The molecule has 3 aromatic rings. The maximum Gasteiger partial charge on any atom is 0.238 e. The van der Waals surface area contributed by atoms with Crippen LogP contribution in [0.1, 0.15) is 0 Å². The maximum absolute atomic E-state index is 13.1. The average Bonchev–Trinajstić information content (AvgIpc) is 2.43. The van der Waals surface area contributed by atoms with Crippen LogP contribution in [0.15, 0.2) is 53.1 Å². The quantitative estimate of drug-likeness (QED) is 0.705. The lowest BCUT2D eigenvalue weighted by Gasteiger charge is -2.06. The summed E-state index contributed by atoms with van der Waals surface area (Å²) < 4.78 is 19.0. The minimum atomic E-state index is -0.336. The third-order valence-electron chi connectivity index (χ3n) is 2.54. The molecule has 1 aromatic heterocycles. The van der Waals surface area contributed by atoms with E-state index in [0.29, 0.717) is 16.1 Å². The largest absolute Gasteiger partial charge is 0.437 e. The zero-order valence-corrected chi connectivity index (χ0v) is 11.3. The molecule has 94 valence electrons. The summed E-state index contributed by atoms with van der Waals surface area (Å²) in [7, 11) is 0. The first-order valence-electron chi connectivity index (χ1n) is 5.57. The van der Waals surface area contributed by atoms with Gasteiger partial charge in [-0.2, -0.15) is 0 Å². The predicted molar refractivity (Wildman–Crippen MR) is 73.7 cm³/mol. The minimum Gasteiger partial charge on any atom is -0.437 e. The third kappa shape index (κ3) is 2.56. The first kappa shape index (κ1) is 12.0. The molecule has 0 spiro atoms. The molecular weight excluding hydrogens is 311 g/mol. The number of aromatic nitrogens is 2. The van der Waals surface area contributed by atoms with Gasteiger partial charge in [0, 0.05) is 0 Å². The van der Waals surface area contributed by atoms with Gasteiger partial charge in [-0.05, 0) is 46.3 Å². The van der Waals surface area contributed by atoms with E-state index in [9.17, 15) is 4.39 Å². The van der Waals surface area contributed by atoms with Crippen LogP contribution >= 0.6 is 15.9 Å². The molecule has 0 fully saturated rings. The van der Waals surface area contributed by atoms with Gasteiger partial charge < -0.3 is 4.74 Å². The second-order valence-corrected chi connectivity index (χ2v) is 4.73. The van der Waals surface area contributed by atoms with Gasteiger partial charge in [-0.15, -0.1) is 0 Å². The molecule has 0 aliphatic rings. The summed E-state index contributed by atoms with van der Waals surface area (Å²) >= 11 is 3.11. The predicted octanol–water partition coefficient (Wildman–Crippen LogP) is 4.32. The number of fused-ring (bicyclic) bond motifs is 1. The lowest BCUT2D eigenvalue weighted by Crippen LogP contribution is -1.91.